The van der Waals surface area contributed by atoms with Crippen molar-refractivity contribution in [2.45, 2.75) is 19.8 Å². The second kappa shape index (κ2) is 6.11. The SMILES string of the molecule is COc1cc(CCCO)c(C)c(Br)c1OC. The highest BCUT2D eigenvalue weighted by atomic mass is 79.9. The van der Waals surface area contributed by atoms with Crippen LogP contribution in [0.4, 0.5) is 0 Å². The van der Waals surface area contributed by atoms with Gasteiger partial charge >= 0.3 is 0 Å². The fraction of sp³-hybridized carbons (Fsp3) is 0.500. The Balaban J connectivity index is 3.16. The van der Waals surface area contributed by atoms with E-state index < -0.39 is 0 Å². The van der Waals surface area contributed by atoms with Gasteiger partial charge in [0.2, 0.25) is 0 Å². The lowest BCUT2D eigenvalue weighted by Gasteiger charge is -2.15. The lowest BCUT2D eigenvalue weighted by atomic mass is 10.0. The first-order chi connectivity index (χ1) is 7.65. The Morgan fingerprint density at radius 2 is 2.00 bits per heavy atom. The summed E-state index contributed by atoms with van der Waals surface area (Å²) in [6.45, 7) is 2.23. The molecule has 0 amide bonds. The average molecular weight is 289 g/mol. The quantitative estimate of drug-likeness (QED) is 0.905. The number of hydrogen-bond acceptors (Lipinski definition) is 3. The third-order valence-electron chi connectivity index (χ3n) is 2.57. The molecule has 0 radical (unpaired) electrons. The molecule has 3 nitrogen and oxygen atoms in total. The Morgan fingerprint density at radius 3 is 2.50 bits per heavy atom. The summed E-state index contributed by atoms with van der Waals surface area (Å²) in [4.78, 5) is 0. The minimum Gasteiger partial charge on any atom is -0.493 e. The van der Waals surface area contributed by atoms with E-state index in [4.69, 9.17) is 14.6 Å². The van der Waals surface area contributed by atoms with Crippen LogP contribution in [-0.2, 0) is 6.42 Å². The van der Waals surface area contributed by atoms with Gasteiger partial charge in [-0.1, -0.05) is 0 Å². The minimum atomic E-state index is 0.200. The largest absolute Gasteiger partial charge is 0.493 e. The van der Waals surface area contributed by atoms with E-state index in [0.29, 0.717) is 11.5 Å². The van der Waals surface area contributed by atoms with Crippen molar-refractivity contribution in [1.82, 2.24) is 0 Å². The van der Waals surface area contributed by atoms with Gasteiger partial charge in [-0.05, 0) is 52.9 Å². The van der Waals surface area contributed by atoms with Gasteiger partial charge in [0.15, 0.2) is 11.5 Å². The Labute approximate surface area is 105 Å². The van der Waals surface area contributed by atoms with Crippen molar-refractivity contribution in [1.29, 1.82) is 0 Å². The van der Waals surface area contributed by atoms with Crippen molar-refractivity contribution in [2.24, 2.45) is 0 Å². The van der Waals surface area contributed by atoms with E-state index in [2.05, 4.69) is 15.9 Å². The number of ether oxygens (including phenoxy) is 2. The monoisotopic (exact) mass is 288 g/mol. The summed E-state index contributed by atoms with van der Waals surface area (Å²) in [5.41, 5.74) is 2.30. The van der Waals surface area contributed by atoms with E-state index in [1.165, 1.54) is 5.56 Å². The van der Waals surface area contributed by atoms with Gasteiger partial charge in [-0.3, -0.25) is 0 Å². The molecule has 0 aliphatic heterocycles. The number of aliphatic hydroxyl groups is 1. The number of rotatable bonds is 5. The minimum absolute atomic E-state index is 0.200. The molecule has 0 unspecified atom stereocenters. The van der Waals surface area contributed by atoms with Gasteiger partial charge in [-0.2, -0.15) is 0 Å². The molecule has 1 aromatic rings. The summed E-state index contributed by atoms with van der Waals surface area (Å²) in [5, 5.41) is 8.85. The topological polar surface area (TPSA) is 38.7 Å². The molecule has 90 valence electrons. The highest BCUT2D eigenvalue weighted by Crippen LogP contribution is 2.39. The molecule has 16 heavy (non-hydrogen) atoms. The molecule has 0 heterocycles. The fourth-order valence-corrected chi connectivity index (χ4v) is 2.23. The molecule has 0 saturated heterocycles. The number of hydrogen-bond donors (Lipinski definition) is 1. The summed E-state index contributed by atoms with van der Waals surface area (Å²) >= 11 is 3.51. The van der Waals surface area contributed by atoms with Gasteiger partial charge in [-0.15, -0.1) is 0 Å². The summed E-state index contributed by atoms with van der Waals surface area (Å²) < 4.78 is 11.5. The second-order valence-corrected chi connectivity index (χ2v) is 4.33. The zero-order chi connectivity index (χ0) is 12.1. The second-order valence-electron chi connectivity index (χ2n) is 3.54. The van der Waals surface area contributed by atoms with Crippen LogP contribution in [0.15, 0.2) is 10.5 Å². The van der Waals surface area contributed by atoms with E-state index >= 15 is 0 Å². The molecular formula is C12H17BrO3. The van der Waals surface area contributed by atoms with Crippen LogP contribution in [0.25, 0.3) is 0 Å². The van der Waals surface area contributed by atoms with Crippen molar-refractivity contribution < 1.29 is 14.6 Å². The molecule has 0 atom stereocenters. The van der Waals surface area contributed by atoms with Crippen molar-refractivity contribution in [3.63, 3.8) is 0 Å². The first kappa shape index (κ1) is 13.3. The molecular weight excluding hydrogens is 272 g/mol. The molecule has 0 aromatic heterocycles. The zero-order valence-electron chi connectivity index (χ0n) is 9.84. The molecule has 1 rings (SSSR count). The van der Waals surface area contributed by atoms with Crippen LogP contribution < -0.4 is 9.47 Å². The number of aryl methyl sites for hydroxylation is 1. The first-order valence-electron chi connectivity index (χ1n) is 5.16. The maximum atomic E-state index is 8.85. The Morgan fingerprint density at radius 1 is 1.31 bits per heavy atom. The van der Waals surface area contributed by atoms with Crippen LogP contribution in [0.3, 0.4) is 0 Å². The smallest absolute Gasteiger partial charge is 0.175 e. The van der Waals surface area contributed by atoms with Crippen molar-refractivity contribution in [3.8, 4) is 11.5 Å². The van der Waals surface area contributed by atoms with Crippen LogP contribution in [0.2, 0.25) is 0 Å². The lowest BCUT2D eigenvalue weighted by molar-refractivity contribution is 0.288. The predicted octanol–water partition coefficient (Wildman–Crippen LogP) is 2.70. The van der Waals surface area contributed by atoms with Gasteiger partial charge in [0.05, 0.1) is 18.7 Å². The van der Waals surface area contributed by atoms with Crippen molar-refractivity contribution in [3.05, 3.63) is 21.7 Å². The van der Waals surface area contributed by atoms with E-state index in [9.17, 15) is 0 Å². The molecule has 0 aliphatic carbocycles. The molecule has 0 fully saturated rings. The summed E-state index contributed by atoms with van der Waals surface area (Å²) in [6, 6.07) is 1.97. The molecule has 0 saturated carbocycles. The molecule has 4 heteroatoms. The van der Waals surface area contributed by atoms with Crippen LogP contribution in [0, 0.1) is 6.92 Å². The lowest BCUT2D eigenvalue weighted by Crippen LogP contribution is -1.99. The van der Waals surface area contributed by atoms with Crippen LogP contribution in [0.1, 0.15) is 17.5 Å². The van der Waals surface area contributed by atoms with Crippen molar-refractivity contribution in [2.75, 3.05) is 20.8 Å². The van der Waals surface area contributed by atoms with E-state index in [1.54, 1.807) is 14.2 Å². The predicted molar refractivity (Wildman–Crippen MR) is 67.4 cm³/mol. The van der Waals surface area contributed by atoms with Gasteiger partial charge in [0, 0.05) is 6.61 Å². The Hall–Kier alpha value is -0.740. The van der Waals surface area contributed by atoms with E-state index in [-0.39, 0.29) is 6.61 Å². The van der Waals surface area contributed by atoms with Gasteiger partial charge < -0.3 is 14.6 Å². The molecule has 0 bridgehead atoms. The van der Waals surface area contributed by atoms with Crippen LogP contribution >= 0.6 is 15.9 Å². The number of halogens is 1. The number of methoxy groups -OCH3 is 2. The molecule has 0 aliphatic rings. The summed E-state index contributed by atoms with van der Waals surface area (Å²) in [6.07, 6.45) is 1.59. The normalized spacial score (nSPS) is 10.3. The number of benzene rings is 1. The molecule has 1 aromatic carbocycles. The fourth-order valence-electron chi connectivity index (χ4n) is 1.62. The first-order valence-corrected chi connectivity index (χ1v) is 5.95. The Kier molecular flexibility index (Phi) is 5.09. The highest BCUT2D eigenvalue weighted by molar-refractivity contribution is 9.10. The van der Waals surface area contributed by atoms with E-state index in [0.717, 1.165) is 22.9 Å². The molecule has 1 N–H and O–H groups in total. The summed E-state index contributed by atoms with van der Waals surface area (Å²) in [7, 11) is 3.24. The van der Waals surface area contributed by atoms with Crippen molar-refractivity contribution >= 4 is 15.9 Å². The van der Waals surface area contributed by atoms with Crippen LogP contribution in [-0.4, -0.2) is 25.9 Å². The van der Waals surface area contributed by atoms with Gasteiger partial charge in [0.25, 0.3) is 0 Å². The van der Waals surface area contributed by atoms with Crippen LogP contribution in [0.5, 0.6) is 11.5 Å². The zero-order valence-corrected chi connectivity index (χ0v) is 11.4. The maximum absolute atomic E-state index is 8.85. The molecule has 0 spiro atoms. The standard InChI is InChI=1S/C12H17BrO3/c1-8-9(5-4-6-14)7-10(15-2)12(16-3)11(8)13/h7,14H,4-6H2,1-3H3. The average Bonchev–Trinajstić information content (AvgIpc) is 2.30. The Bertz CT molecular complexity index is 364. The third-order valence-corrected chi connectivity index (χ3v) is 3.52. The van der Waals surface area contributed by atoms with Gasteiger partial charge in [0.1, 0.15) is 0 Å². The maximum Gasteiger partial charge on any atom is 0.175 e. The van der Waals surface area contributed by atoms with Gasteiger partial charge in [-0.25, -0.2) is 0 Å². The van der Waals surface area contributed by atoms with E-state index in [1.807, 2.05) is 13.0 Å². The number of aliphatic hydroxyl groups excluding tert-OH is 1. The summed E-state index contributed by atoms with van der Waals surface area (Å²) in [5.74, 6) is 1.43. The highest BCUT2D eigenvalue weighted by Gasteiger charge is 2.14. The third kappa shape index (κ3) is 2.68.